The molecule has 0 spiro atoms. The average molecular weight is 310 g/mol. The minimum Gasteiger partial charge on any atom is -0.497 e. The van der Waals surface area contributed by atoms with Crippen LogP contribution in [0.1, 0.15) is 4.88 Å². The van der Waals surface area contributed by atoms with E-state index in [2.05, 4.69) is 0 Å². The SMILES string of the molecule is COc1ccc2ccc(OC(=O)/C=C/c3cccs3)cc2c1. The van der Waals surface area contributed by atoms with Gasteiger partial charge in [-0.2, -0.15) is 0 Å². The molecule has 0 radical (unpaired) electrons. The lowest BCUT2D eigenvalue weighted by Crippen LogP contribution is -2.03. The number of fused-ring (bicyclic) bond motifs is 1. The lowest BCUT2D eigenvalue weighted by molar-refractivity contribution is -0.128. The van der Waals surface area contributed by atoms with Crippen LogP contribution in [0.4, 0.5) is 0 Å². The first kappa shape index (κ1) is 14.4. The van der Waals surface area contributed by atoms with Gasteiger partial charge < -0.3 is 9.47 Å². The van der Waals surface area contributed by atoms with E-state index in [1.807, 2.05) is 47.8 Å². The molecule has 4 heteroatoms. The Balaban J connectivity index is 1.77. The molecule has 0 fully saturated rings. The number of hydrogen-bond donors (Lipinski definition) is 0. The monoisotopic (exact) mass is 310 g/mol. The van der Waals surface area contributed by atoms with Gasteiger partial charge in [0.15, 0.2) is 0 Å². The fourth-order valence-electron chi connectivity index (χ4n) is 2.08. The molecule has 0 atom stereocenters. The molecule has 0 saturated heterocycles. The minimum absolute atomic E-state index is 0.393. The van der Waals surface area contributed by atoms with E-state index in [4.69, 9.17) is 9.47 Å². The second kappa shape index (κ2) is 6.45. The summed E-state index contributed by atoms with van der Waals surface area (Å²) in [5.74, 6) is 0.894. The minimum atomic E-state index is -0.393. The van der Waals surface area contributed by atoms with Crippen LogP contribution in [0.15, 0.2) is 60.0 Å². The Bertz CT molecular complexity index is 819. The van der Waals surface area contributed by atoms with Crippen LogP contribution in [0.3, 0.4) is 0 Å². The number of ether oxygens (including phenoxy) is 2. The van der Waals surface area contributed by atoms with Crippen LogP contribution in [-0.4, -0.2) is 13.1 Å². The Labute approximate surface area is 132 Å². The second-order valence-electron chi connectivity index (χ2n) is 4.64. The van der Waals surface area contributed by atoms with Gasteiger partial charge in [-0.1, -0.05) is 18.2 Å². The predicted molar refractivity (Wildman–Crippen MR) is 89.5 cm³/mol. The molecule has 0 aliphatic heterocycles. The maximum atomic E-state index is 11.8. The molecule has 110 valence electrons. The fourth-order valence-corrected chi connectivity index (χ4v) is 2.70. The van der Waals surface area contributed by atoms with Crippen LogP contribution >= 0.6 is 11.3 Å². The molecule has 0 aliphatic rings. The summed E-state index contributed by atoms with van der Waals surface area (Å²) in [6, 6.07) is 15.2. The van der Waals surface area contributed by atoms with Crippen LogP contribution in [-0.2, 0) is 4.79 Å². The van der Waals surface area contributed by atoms with Crippen molar-refractivity contribution in [3.63, 3.8) is 0 Å². The third-order valence-electron chi connectivity index (χ3n) is 3.16. The molecular weight excluding hydrogens is 296 g/mol. The molecule has 3 aromatic rings. The van der Waals surface area contributed by atoms with Crippen molar-refractivity contribution >= 4 is 34.2 Å². The highest BCUT2D eigenvalue weighted by molar-refractivity contribution is 7.10. The first-order valence-electron chi connectivity index (χ1n) is 6.76. The van der Waals surface area contributed by atoms with E-state index in [0.29, 0.717) is 5.75 Å². The number of carbonyl (C=O) groups is 1. The third-order valence-corrected chi connectivity index (χ3v) is 4.00. The number of thiophene rings is 1. The smallest absolute Gasteiger partial charge is 0.336 e. The summed E-state index contributed by atoms with van der Waals surface area (Å²) in [4.78, 5) is 12.9. The number of hydrogen-bond acceptors (Lipinski definition) is 4. The largest absolute Gasteiger partial charge is 0.497 e. The summed E-state index contributed by atoms with van der Waals surface area (Å²) in [7, 11) is 1.63. The Morgan fingerprint density at radius 3 is 2.55 bits per heavy atom. The maximum Gasteiger partial charge on any atom is 0.336 e. The van der Waals surface area contributed by atoms with Crippen molar-refractivity contribution in [1.82, 2.24) is 0 Å². The van der Waals surface area contributed by atoms with Crippen molar-refractivity contribution in [1.29, 1.82) is 0 Å². The van der Waals surface area contributed by atoms with E-state index >= 15 is 0 Å². The topological polar surface area (TPSA) is 35.5 Å². The number of methoxy groups -OCH3 is 1. The first-order chi connectivity index (χ1) is 10.7. The first-order valence-corrected chi connectivity index (χ1v) is 7.64. The van der Waals surface area contributed by atoms with Crippen molar-refractivity contribution in [2.75, 3.05) is 7.11 Å². The molecule has 3 rings (SSSR count). The van der Waals surface area contributed by atoms with Gasteiger partial charge in [0.1, 0.15) is 11.5 Å². The third kappa shape index (κ3) is 3.35. The number of benzene rings is 2. The zero-order chi connectivity index (χ0) is 15.4. The molecule has 0 N–H and O–H groups in total. The van der Waals surface area contributed by atoms with Crippen molar-refractivity contribution in [2.45, 2.75) is 0 Å². The van der Waals surface area contributed by atoms with Crippen LogP contribution < -0.4 is 9.47 Å². The van der Waals surface area contributed by atoms with Crippen LogP contribution in [0, 0.1) is 0 Å². The molecular formula is C18H14O3S. The summed E-state index contributed by atoms with van der Waals surface area (Å²) < 4.78 is 10.5. The van der Waals surface area contributed by atoms with Crippen LogP contribution in [0.5, 0.6) is 11.5 Å². The van der Waals surface area contributed by atoms with Gasteiger partial charge in [0, 0.05) is 11.0 Å². The Kier molecular flexibility index (Phi) is 4.21. The van der Waals surface area contributed by atoms with Gasteiger partial charge in [-0.15, -0.1) is 11.3 Å². The standard InChI is InChI=1S/C18H14O3S/c1-20-15-6-4-13-5-7-16(12-14(13)11-15)21-18(19)9-8-17-3-2-10-22-17/h2-12H,1H3/b9-8+. The quantitative estimate of drug-likeness (QED) is 0.403. The molecule has 0 aliphatic carbocycles. The van der Waals surface area contributed by atoms with E-state index in [1.165, 1.54) is 6.08 Å². The molecule has 0 bridgehead atoms. The highest BCUT2D eigenvalue weighted by Crippen LogP contribution is 2.25. The van der Waals surface area contributed by atoms with E-state index in [9.17, 15) is 4.79 Å². The summed E-state index contributed by atoms with van der Waals surface area (Å²) in [6.45, 7) is 0. The maximum absolute atomic E-state index is 11.8. The molecule has 0 saturated carbocycles. The van der Waals surface area contributed by atoms with Gasteiger partial charge in [0.2, 0.25) is 0 Å². The number of esters is 1. The molecule has 3 nitrogen and oxygen atoms in total. The predicted octanol–water partition coefficient (Wildman–Crippen LogP) is 4.53. The van der Waals surface area contributed by atoms with Crippen LogP contribution in [0.2, 0.25) is 0 Å². The van der Waals surface area contributed by atoms with Gasteiger partial charge >= 0.3 is 5.97 Å². The molecule has 0 unspecified atom stereocenters. The Morgan fingerprint density at radius 1 is 1.05 bits per heavy atom. The fraction of sp³-hybridized carbons (Fsp3) is 0.0556. The van der Waals surface area contributed by atoms with Gasteiger partial charge in [-0.05, 0) is 52.6 Å². The molecule has 1 heterocycles. The second-order valence-corrected chi connectivity index (χ2v) is 5.62. The van der Waals surface area contributed by atoms with Gasteiger partial charge in [-0.3, -0.25) is 0 Å². The van der Waals surface area contributed by atoms with E-state index in [0.717, 1.165) is 21.4 Å². The van der Waals surface area contributed by atoms with Gasteiger partial charge in [0.25, 0.3) is 0 Å². The van der Waals surface area contributed by atoms with Gasteiger partial charge in [0.05, 0.1) is 7.11 Å². The lowest BCUT2D eigenvalue weighted by Gasteiger charge is -2.05. The van der Waals surface area contributed by atoms with Crippen molar-refractivity contribution in [2.24, 2.45) is 0 Å². The number of rotatable bonds is 4. The van der Waals surface area contributed by atoms with E-state index in [-0.39, 0.29) is 0 Å². The molecule has 2 aromatic carbocycles. The lowest BCUT2D eigenvalue weighted by atomic mass is 10.1. The van der Waals surface area contributed by atoms with E-state index in [1.54, 1.807) is 30.6 Å². The normalized spacial score (nSPS) is 11.0. The van der Waals surface area contributed by atoms with Crippen molar-refractivity contribution in [3.8, 4) is 11.5 Å². The zero-order valence-corrected chi connectivity index (χ0v) is 12.8. The molecule has 0 amide bonds. The molecule has 1 aromatic heterocycles. The number of carbonyl (C=O) groups excluding carboxylic acids is 1. The van der Waals surface area contributed by atoms with E-state index < -0.39 is 5.97 Å². The Morgan fingerprint density at radius 2 is 1.82 bits per heavy atom. The molecule has 22 heavy (non-hydrogen) atoms. The highest BCUT2D eigenvalue weighted by Gasteiger charge is 2.03. The van der Waals surface area contributed by atoms with Crippen LogP contribution in [0.25, 0.3) is 16.8 Å². The van der Waals surface area contributed by atoms with Crippen molar-refractivity contribution < 1.29 is 14.3 Å². The van der Waals surface area contributed by atoms with Crippen molar-refractivity contribution in [3.05, 3.63) is 64.9 Å². The highest BCUT2D eigenvalue weighted by atomic mass is 32.1. The van der Waals surface area contributed by atoms with Gasteiger partial charge in [-0.25, -0.2) is 4.79 Å². The average Bonchev–Trinajstić information content (AvgIpc) is 3.05. The Hall–Kier alpha value is -2.59. The summed E-state index contributed by atoms with van der Waals surface area (Å²) in [5, 5.41) is 3.99. The summed E-state index contributed by atoms with van der Waals surface area (Å²) in [5.41, 5.74) is 0. The zero-order valence-electron chi connectivity index (χ0n) is 12.0. The summed E-state index contributed by atoms with van der Waals surface area (Å²) >= 11 is 1.57. The summed E-state index contributed by atoms with van der Waals surface area (Å²) in [6.07, 6.45) is 3.18.